The topological polar surface area (TPSA) is 47.0 Å². The molecule has 0 N–H and O–H groups in total. The van der Waals surface area contributed by atoms with Crippen LogP contribution in [0.3, 0.4) is 0 Å². The number of pyridine rings is 1. The van der Waals surface area contributed by atoms with E-state index in [2.05, 4.69) is 4.98 Å². The van der Waals surface area contributed by atoms with E-state index in [0.29, 0.717) is 11.3 Å². The predicted molar refractivity (Wildman–Crippen MR) is 51.5 cm³/mol. The highest BCUT2D eigenvalue weighted by Gasteiger charge is 2.17. The first-order chi connectivity index (χ1) is 5.82. The molecule has 0 aromatic carbocycles. The second kappa shape index (κ2) is 3.27. The highest BCUT2D eigenvalue weighted by atomic mass is 35.7. The molecule has 0 saturated carbocycles. The number of halogens is 1. The zero-order chi connectivity index (χ0) is 10.2. The third-order valence-corrected chi connectivity index (χ3v) is 3.27. The van der Waals surface area contributed by atoms with Crippen molar-refractivity contribution in [2.24, 2.45) is 0 Å². The summed E-state index contributed by atoms with van der Waals surface area (Å²) in [4.78, 5) is 4.16. The molecule has 72 valence electrons. The minimum Gasteiger partial charge on any atom is -0.257 e. The standard InChI is InChI=1S/C8H10ClNO2S/c1-5-4-6(2)10-7(3)8(5)13(9,11)12/h4H,1-3H3. The van der Waals surface area contributed by atoms with Crippen LogP contribution in [0, 0.1) is 20.8 Å². The van der Waals surface area contributed by atoms with Crippen LogP contribution in [0.15, 0.2) is 11.0 Å². The highest BCUT2D eigenvalue weighted by Crippen LogP contribution is 2.22. The van der Waals surface area contributed by atoms with Crippen LogP contribution in [0.5, 0.6) is 0 Å². The van der Waals surface area contributed by atoms with E-state index < -0.39 is 9.05 Å². The minimum atomic E-state index is -3.67. The molecule has 0 unspecified atom stereocenters. The third kappa shape index (κ3) is 2.19. The molecule has 0 aliphatic carbocycles. The van der Waals surface area contributed by atoms with Crippen molar-refractivity contribution in [1.29, 1.82) is 0 Å². The van der Waals surface area contributed by atoms with Crippen molar-refractivity contribution < 1.29 is 8.42 Å². The molecule has 5 heteroatoms. The van der Waals surface area contributed by atoms with Crippen molar-refractivity contribution in [2.75, 3.05) is 0 Å². The van der Waals surface area contributed by atoms with Crippen LogP contribution in [0.4, 0.5) is 0 Å². The van der Waals surface area contributed by atoms with Gasteiger partial charge < -0.3 is 0 Å². The Morgan fingerprint density at radius 2 is 1.85 bits per heavy atom. The monoisotopic (exact) mass is 219 g/mol. The molecule has 0 fully saturated rings. The van der Waals surface area contributed by atoms with E-state index in [4.69, 9.17) is 10.7 Å². The smallest absolute Gasteiger partial charge is 0.257 e. The molecule has 1 aromatic rings. The van der Waals surface area contributed by atoms with E-state index in [1.165, 1.54) is 0 Å². The lowest BCUT2D eigenvalue weighted by Crippen LogP contribution is -2.01. The molecule has 0 aliphatic heterocycles. The Bertz CT molecular complexity index is 416. The Balaban J connectivity index is 3.57. The average Bonchev–Trinajstić information content (AvgIpc) is 1.78. The van der Waals surface area contributed by atoms with Crippen molar-refractivity contribution in [3.63, 3.8) is 0 Å². The van der Waals surface area contributed by atoms with E-state index in [1.807, 2.05) is 6.92 Å². The molecule has 0 atom stereocenters. The average molecular weight is 220 g/mol. The number of aryl methyl sites for hydroxylation is 3. The summed E-state index contributed by atoms with van der Waals surface area (Å²) in [6.07, 6.45) is 0. The molecule has 1 heterocycles. The van der Waals surface area contributed by atoms with Crippen LogP contribution >= 0.6 is 10.7 Å². The zero-order valence-corrected chi connectivity index (χ0v) is 9.20. The normalized spacial score (nSPS) is 11.7. The van der Waals surface area contributed by atoms with E-state index in [0.717, 1.165) is 5.69 Å². The maximum Gasteiger partial charge on any atom is 0.263 e. The first kappa shape index (κ1) is 10.5. The van der Waals surface area contributed by atoms with E-state index >= 15 is 0 Å². The van der Waals surface area contributed by atoms with Gasteiger partial charge in [-0.15, -0.1) is 0 Å². The molecule has 0 radical (unpaired) electrons. The molecule has 1 rings (SSSR count). The lowest BCUT2D eigenvalue weighted by Gasteiger charge is -2.06. The van der Waals surface area contributed by atoms with Crippen LogP contribution in [-0.4, -0.2) is 13.4 Å². The second-order valence-corrected chi connectivity index (χ2v) is 5.44. The quantitative estimate of drug-likeness (QED) is 0.679. The van der Waals surface area contributed by atoms with Gasteiger partial charge in [0.15, 0.2) is 0 Å². The van der Waals surface area contributed by atoms with Crippen LogP contribution < -0.4 is 0 Å². The molecular formula is C8H10ClNO2S. The van der Waals surface area contributed by atoms with E-state index in [1.54, 1.807) is 19.9 Å². The van der Waals surface area contributed by atoms with Crippen molar-refractivity contribution >= 4 is 19.7 Å². The third-order valence-electron chi connectivity index (χ3n) is 1.70. The van der Waals surface area contributed by atoms with Gasteiger partial charge in [-0.1, -0.05) is 0 Å². The van der Waals surface area contributed by atoms with Gasteiger partial charge in [0, 0.05) is 16.4 Å². The number of hydrogen-bond donors (Lipinski definition) is 0. The Kier molecular flexibility index (Phi) is 2.63. The summed E-state index contributed by atoms with van der Waals surface area (Å²) in [5.74, 6) is 0. The Hall–Kier alpha value is -0.610. The van der Waals surface area contributed by atoms with Gasteiger partial charge in [-0.2, -0.15) is 0 Å². The van der Waals surface area contributed by atoms with Gasteiger partial charge in [0.25, 0.3) is 9.05 Å². The summed E-state index contributed by atoms with van der Waals surface area (Å²) in [5, 5.41) is 0. The summed E-state index contributed by atoms with van der Waals surface area (Å²) in [6.45, 7) is 5.15. The van der Waals surface area contributed by atoms with Crippen molar-refractivity contribution in [1.82, 2.24) is 4.98 Å². The zero-order valence-electron chi connectivity index (χ0n) is 7.63. The number of aromatic nitrogens is 1. The maximum atomic E-state index is 11.1. The fourth-order valence-corrected chi connectivity index (χ4v) is 2.92. The first-order valence-corrected chi connectivity index (χ1v) is 6.03. The van der Waals surface area contributed by atoms with Gasteiger partial charge in [0.1, 0.15) is 4.90 Å². The second-order valence-electron chi connectivity index (χ2n) is 2.93. The van der Waals surface area contributed by atoms with Crippen LogP contribution in [0.2, 0.25) is 0 Å². The van der Waals surface area contributed by atoms with Crippen molar-refractivity contribution in [3.05, 3.63) is 23.0 Å². The molecule has 3 nitrogen and oxygen atoms in total. The summed E-state index contributed by atoms with van der Waals surface area (Å²) < 4.78 is 22.2. The van der Waals surface area contributed by atoms with Gasteiger partial charge in [-0.3, -0.25) is 4.98 Å². The molecule has 0 amide bonds. The molecule has 0 aliphatic rings. The molecule has 1 aromatic heterocycles. The Morgan fingerprint density at radius 1 is 1.31 bits per heavy atom. The van der Waals surface area contributed by atoms with Crippen LogP contribution in [0.25, 0.3) is 0 Å². The summed E-state index contributed by atoms with van der Waals surface area (Å²) in [7, 11) is 1.58. The van der Waals surface area contributed by atoms with Crippen LogP contribution in [-0.2, 0) is 9.05 Å². The largest absolute Gasteiger partial charge is 0.263 e. The summed E-state index contributed by atoms with van der Waals surface area (Å²) in [5.41, 5.74) is 1.88. The number of hydrogen-bond acceptors (Lipinski definition) is 3. The van der Waals surface area contributed by atoms with Gasteiger partial charge in [-0.25, -0.2) is 8.42 Å². The predicted octanol–water partition coefficient (Wildman–Crippen LogP) is 1.93. The fourth-order valence-electron chi connectivity index (χ4n) is 1.38. The minimum absolute atomic E-state index is 0.125. The lowest BCUT2D eigenvalue weighted by molar-refractivity contribution is 0.607. The van der Waals surface area contributed by atoms with Gasteiger partial charge >= 0.3 is 0 Å². The first-order valence-electron chi connectivity index (χ1n) is 3.72. The van der Waals surface area contributed by atoms with Crippen molar-refractivity contribution in [3.8, 4) is 0 Å². The molecule has 0 bridgehead atoms. The molecule has 0 saturated heterocycles. The number of nitrogens with zero attached hydrogens (tertiary/aromatic N) is 1. The number of rotatable bonds is 1. The Labute approximate surface area is 82.2 Å². The molecule has 13 heavy (non-hydrogen) atoms. The SMILES string of the molecule is Cc1cc(C)c(S(=O)(=O)Cl)c(C)n1. The molecule has 0 spiro atoms. The van der Waals surface area contributed by atoms with Crippen LogP contribution in [0.1, 0.15) is 17.0 Å². The summed E-state index contributed by atoms with van der Waals surface area (Å²) >= 11 is 0. The lowest BCUT2D eigenvalue weighted by atomic mass is 10.2. The summed E-state index contributed by atoms with van der Waals surface area (Å²) in [6, 6.07) is 1.70. The molecular weight excluding hydrogens is 210 g/mol. The Morgan fingerprint density at radius 3 is 2.23 bits per heavy atom. The fraction of sp³-hybridized carbons (Fsp3) is 0.375. The van der Waals surface area contributed by atoms with E-state index in [-0.39, 0.29) is 4.90 Å². The van der Waals surface area contributed by atoms with Gasteiger partial charge in [0.2, 0.25) is 0 Å². The van der Waals surface area contributed by atoms with Crippen molar-refractivity contribution in [2.45, 2.75) is 25.7 Å². The maximum absolute atomic E-state index is 11.1. The van der Waals surface area contributed by atoms with E-state index in [9.17, 15) is 8.42 Å². The van der Waals surface area contributed by atoms with Gasteiger partial charge in [0.05, 0.1) is 5.69 Å². The highest BCUT2D eigenvalue weighted by molar-refractivity contribution is 8.13. The van der Waals surface area contributed by atoms with Gasteiger partial charge in [-0.05, 0) is 32.4 Å².